The maximum atomic E-state index is 11.6. The van der Waals surface area contributed by atoms with Crippen LogP contribution in [0.4, 0.5) is 5.82 Å². The lowest BCUT2D eigenvalue weighted by Crippen LogP contribution is -2.35. The van der Waals surface area contributed by atoms with Crippen molar-refractivity contribution in [1.29, 1.82) is 0 Å². The molecule has 3 rings (SSSR count). The lowest BCUT2D eigenvalue weighted by atomic mass is 9.96. The van der Waals surface area contributed by atoms with Crippen molar-refractivity contribution in [1.82, 2.24) is 9.97 Å². The number of thiophene rings is 1. The fraction of sp³-hybridized carbons (Fsp3) is 0.588. The first kappa shape index (κ1) is 16.2. The lowest BCUT2D eigenvalue weighted by molar-refractivity contribution is -0.139. The molecule has 0 fully saturated rings. The Kier molecular flexibility index (Phi) is 4.53. The number of carbonyl (C=O) groups is 1. The van der Waals surface area contributed by atoms with Gasteiger partial charge in [-0.3, -0.25) is 0 Å². The summed E-state index contributed by atoms with van der Waals surface area (Å²) in [5, 5.41) is 13.8. The topological polar surface area (TPSA) is 75.1 Å². The Labute approximate surface area is 140 Å². The van der Waals surface area contributed by atoms with Crippen LogP contribution in [0.3, 0.4) is 0 Å². The number of aromatic nitrogens is 2. The zero-order chi connectivity index (χ0) is 16.6. The number of nitrogens with one attached hydrogen (secondary N) is 1. The van der Waals surface area contributed by atoms with Gasteiger partial charge in [-0.25, -0.2) is 14.8 Å². The Morgan fingerprint density at radius 3 is 2.78 bits per heavy atom. The molecule has 0 amide bonds. The Bertz CT molecular complexity index is 741. The van der Waals surface area contributed by atoms with E-state index in [9.17, 15) is 9.90 Å². The molecule has 5 nitrogen and oxygen atoms in total. The molecule has 0 bridgehead atoms. The number of hydrogen-bond donors (Lipinski definition) is 2. The minimum Gasteiger partial charge on any atom is -0.480 e. The third-order valence-electron chi connectivity index (χ3n) is 4.70. The normalized spacial score (nSPS) is 16.8. The van der Waals surface area contributed by atoms with E-state index < -0.39 is 12.0 Å². The predicted molar refractivity (Wildman–Crippen MR) is 93.3 cm³/mol. The third-order valence-corrected chi connectivity index (χ3v) is 5.88. The standard InChI is InChI=1S/C17H23N3O2S/c1-4-9(2)14(17(21)22)20-15-13-11-7-5-6-8-12(11)23-16(13)19-10(3)18-15/h9,14H,4-8H2,1-3H3,(H,21,22)(H,18,19,20)/t9-,14+/m0/s1. The SMILES string of the molecule is CC[C@H](C)[C@@H](Nc1nc(C)nc2sc3c(c12)CCCC3)C(=O)O. The zero-order valence-electron chi connectivity index (χ0n) is 13.8. The highest BCUT2D eigenvalue weighted by Gasteiger charge is 2.27. The zero-order valence-corrected chi connectivity index (χ0v) is 14.7. The second-order valence-electron chi connectivity index (χ2n) is 6.36. The van der Waals surface area contributed by atoms with Crippen molar-refractivity contribution in [2.75, 3.05) is 5.32 Å². The third kappa shape index (κ3) is 3.04. The number of anilines is 1. The van der Waals surface area contributed by atoms with Gasteiger partial charge in [0, 0.05) is 4.88 Å². The molecular formula is C17H23N3O2S. The first-order valence-corrected chi connectivity index (χ1v) is 9.11. The average Bonchev–Trinajstić information content (AvgIpc) is 2.89. The molecule has 0 spiro atoms. The molecule has 6 heteroatoms. The summed E-state index contributed by atoms with van der Waals surface area (Å²) >= 11 is 1.74. The van der Waals surface area contributed by atoms with Crippen LogP contribution in [-0.4, -0.2) is 27.1 Å². The molecule has 0 aromatic carbocycles. The maximum Gasteiger partial charge on any atom is 0.326 e. The largest absolute Gasteiger partial charge is 0.480 e. The molecule has 1 aliphatic rings. The van der Waals surface area contributed by atoms with Crippen molar-refractivity contribution in [2.24, 2.45) is 5.92 Å². The minimum atomic E-state index is -0.826. The van der Waals surface area contributed by atoms with Gasteiger partial charge in [-0.05, 0) is 44.1 Å². The van der Waals surface area contributed by atoms with Crippen molar-refractivity contribution < 1.29 is 9.90 Å². The summed E-state index contributed by atoms with van der Waals surface area (Å²) in [7, 11) is 0. The van der Waals surface area contributed by atoms with E-state index in [0.29, 0.717) is 11.6 Å². The van der Waals surface area contributed by atoms with Gasteiger partial charge in [0.15, 0.2) is 0 Å². The Balaban J connectivity index is 2.08. The fourth-order valence-corrected chi connectivity index (χ4v) is 4.51. The molecule has 2 heterocycles. The quantitative estimate of drug-likeness (QED) is 0.870. The Hall–Kier alpha value is -1.69. The second kappa shape index (κ2) is 6.43. The Morgan fingerprint density at radius 2 is 2.09 bits per heavy atom. The van der Waals surface area contributed by atoms with Gasteiger partial charge in [-0.1, -0.05) is 20.3 Å². The van der Waals surface area contributed by atoms with Gasteiger partial charge in [0.05, 0.1) is 5.39 Å². The molecule has 0 unspecified atom stereocenters. The number of carboxylic acids is 1. The van der Waals surface area contributed by atoms with E-state index in [2.05, 4.69) is 15.3 Å². The van der Waals surface area contributed by atoms with Gasteiger partial charge in [0.1, 0.15) is 22.5 Å². The molecular weight excluding hydrogens is 310 g/mol. The molecule has 124 valence electrons. The highest BCUT2D eigenvalue weighted by atomic mass is 32.1. The van der Waals surface area contributed by atoms with Crippen LogP contribution in [0, 0.1) is 12.8 Å². The van der Waals surface area contributed by atoms with Crippen LogP contribution in [0.15, 0.2) is 0 Å². The Morgan fingerprint density at radius 1 is 1.35 bits per heavy atom. The number of aliphatic carboxylic acids is 1. The molecule has 23 heavy (non-hydrogen) atoms. The molecule has 0 saturated carbocycles. The van der Waals surface area contributed by atoms with E-state index in [0.717, 1.165) is 29.5 Å². The van der Waals surface area contributed by atoms with Crippen LogP contribution in [-0.2, 0) is 17.6 Å². The number of fused-ring (bicyclic) bond motifs is 3. The van der Waals surface area contributed by atoms with Gasteiger partial charge >= 0.3 is 5.97 Å². The van der Waals surface area contributed by atoms with Crippen LogP contribution in [0.25, 0.3) is 10.2 Å². The molecule has 0 aliphatic heterocycles. The number of aryl methyl sites for hydroxylation is 3. The maximum absolute atomic E-state index is 11.6. The lowest BCUT2D eigenvalue weighted by Gasteiger charge is -2.22. The fourth-order valence-electron chi connectivity index (χ4n) is 3.20. The van der Waals surface area contributed by atoms with Gasteiger partial charge < -0.3 is 10.4 Å². The van der Waals surface area contributed by atoms with Gasteiger partial charge in [0.2, 0.25) is 0 Å². The van der Waals surface area contributed by atoms with Gasteiger partial charge in [-0.2, -0.15) is 0 Å². The van der Waals surface area contributed by atoms with Gasteiger partial charge in [0.25, 0.3) is 0 Å². The summed E-state index contributed by atoms with van der Waals surface area (Å²) in [6.07, 6.45) is 5.35. The van der Waals surface area contributed by atoms with E-state index in [-0.39, 0.29) is 5.92 Å². The molecule has 0 saturated heterocycles. The summed E-state index contributed by atoms with van der Waals surface area (Å²) in [6, 6.07) is -0.628. The molecule has 2 aromatic rings. The van der Waals surface area contributed by atoms with Crippen molar-refractivity contribution in [3.63, 3.8) is 0 Å². The van der Waals surface area contributed by atoms with E-state index in [1.54, 1.807) is 11.3 Å². The summed E-state index contributed by atoms with van der Waals surface area (Å²) in [5.41, 5.74) is 1.33. The first-order valence-electron chi connectivity index (χ1n) is 8.29. The molecule has 2 aromatic heterocycles. The average molecular weight is 333 g/mol. The first-order chi connectivity index (χ1) is 11.0. The van der Waals surface area contributed by atoms with Gasteiger partial charge in [-0.15, -0.1) is 11.3 Å². The number of nitrogens with zero attached hydrogens (tertiary/aromatic N) is 2. The smallest absolute Gasteiger partial charge is 0.326 e. The number of carboxylic acid groups (broad SMARTS) is 1. The van der Waals surface area contributed by atoms with Crippen LogP contribution in [0.1, 0.15) is 49.4 Å². The molecule has 2 N–H and O–H groups in total. The summed E-state index contributed by atoms with van der Waals surface area (Å²) in [4.78, 5) is 23.1. The number of hydrogen-bond acceptors (Lipinski definition) is 5. The summed E-state index contributed by atoms with van der Waals surface area (Å²) in [5.74, 6) is 0.589. The number of rotatable bonds is 5. The van der Waals surface area contributed by atoms with Crippen molar-refractivity contribution in [3.8, 4) is 0 Å². The van der Waals surface area contributed by atoms with Crippen molar-refractivity contribution in [2.45, 2.75) is 58.9 Å². The minimum absolute atomic E-state index is 0.0345. The molecule has 2 atom stereocenters. The van der Waals surface area contributed by atoms with E-state index >= 15 is 0 Å². The molecule has 1 aliphatic carbocycles. The van der Waals surface area contributed by atoms with Crippen LogP contribution in [0.2, 0.25) is 0 Å². The highest BCUT2D eigenvalue weighted by molar-refractivity contribution is 7.19. The monoisotopic (exact) mass is 333 g/mol. The van der Waals surface area contributed by atoms with Crippen molar-refractivity contribution in [3.05, 3.63) is 16.3 Å². The second-order valence-corrected chi connectivity index (χ2v) is 7.44. The van der Waals surface area contributed by atoms with Crippen LogP contribution < -0.4 is 5.32 Å². The van der Waals surface area contributed by atoms with E-state index in [1.807, 2.05) is 20.8 Å². The molecule has 0 radical (unpaired) electrons. The van der Waals surface area contributed by atoms with Crippen LogP contribution >= 0.6 is 11.3 Å². The van der Waals surface area contributed by atoms with E-state index in [4.69, 9.17) is 0 Å². The summed E-state index contributed by atoms with van der Waals surface area (Å²) in [6.45, 7) is 5.83. The van der Waals surface area contributed by atoms with Crippen molar-refractivity contribution >= 4 is 33.3 Å². The predicted octanol–water partition coefficient (Wildman–Crippen LogP) is 3.79. The summed E-state index contributed by atoms with van der Waals surface area (Å²) < 4.78 is 0. The highest BCUT2D eigenvalue weighted by Crippen LogP contribution is 2.39. The van der Waals surface area contributed by atoms with E-state index in [1.165, 1.54) is 23.3 Å². The van der Waals surface area contributed by atoms with Crippen LogP contribution in [0.5, 0.6) is 0 Å².